The van der Waals surface area contributed by atoms with E-state index in [-0.39, 0.29) is 29.1 Å². The summed E-state index contributed by atoms with van der Waals surface area (Å²) < 4.78 is 66.0. The van der Waals surface area contributed by atoms with E-state index in [1.807, 2.05) is 0 Å². The third-order valence-corrected chi connectivity index (χ3v) is 12.6. The van der Waals surface area contributed by atoms with E-state index in [1.54, 1.807) is 23.5 Å². The molecule has 33 heavy (non-hydrogen) atoms. The standard InChI is InChI=1S/C19H26F2O9S3/c20-19(21,33(26,27)28)15(25)29-6-14(24)30-17-3-11-1-12(4-17)18(13(2-11)5-17)31-9-16(7-22,8-23)10-32-18/h11-13,22-23H,1-10H2,(H,26,27,28). The molecule has 2 unspecified atom stereocenters. The highest BCUT2D eigenvalue weighted by molar-refractivity contribution is 8.18. The molecule has 5 rings (SSSR count). The largest absolute Gasteiger partial charge is 0.465 e. The lowest BCUT2D eigenvalue weighted by atomic mass is 9.53. The summed E-state index contributed by atoms with van der Waals surface area (Å²) in [5.74, 6) is -1.52. The number of thioether (sulfide) groups is 2. The highest BCUT2D eigenvalue weighted by Gasteiger charge is 2.65. The first-order valence-corrected chi connectivity index (χ1v) is 14.0. The van der Waals surface area contributed by atoms with Crippen LogP contribution in [0.15, 0.2) is 0 Å². The molecule has 0 aromatic carbocycles. The predicted octanol–water partition coefficient (Wildman–Crippen LogP) is 1.28. The molecule has 1 aliphatic heterocycles. The number of hydrogen-bond donors (Lipinski definition) is 3. The van der Waals surface area contributed by atoms with E-state index in [4.69, 9.17) is 9.29 Å². The zero-order chi connectivity index (χ0) is 24.3. The van der Waals surface area contributed by atoms with Crippen molar-refractivity contribution in [2.75, 3.05) is 31.3 Å². The van der Waals surface area contributed by atoms with Crippen molar-refractivity contribution in [1.82, 2.24) is 0 Å². The van der Waals surface area contributed by atoms with Crippen molar-refractivity contribution in [2.24, 2.45) is 23.2 Å². The monoisotopic (exact) mass is 532 g/mol. The summed E-state index contributed by atoms with van der Waals surface area (Å²) in [7, 11) is -6.02. The van der Waals surface area contributed by atoms with Crippen molar-refractivity contribution < 1.29 is 51.0 Å². The molecule has 188 valence electrons. The van der Waals surface area contributed by atoms with Crippen molar-refractivity contribution >= 4 is 45.6 Å². The van der Waals surface area contributed by atoms with E-state index < -0.39 is 44.9 Å². The Kier molecular flexibility index (Phi) is 6.53. The van der Waals surface area contributed by atoms with Crippen molar-refractivity contribution in [2.45, 2.75) is 47.0 Å². The number of esters is 2. The second kappa shape index (κ2) is 8.47. The van der Waals surface area contributed by atoms with Gasteiger partial charge in [-0.15, -0.1) is 23.5 Å². The van der Waals surface area contributed by atoms with Crippen LogP contribution < -0.4 is 0 Å². The fraction of sp³-hybridized carbons (Fsp3) is 0.895. The Morgan fingerprint density at radius 2 is 1.58 bits per heavy atom. The van der Waals surface area contributed by atoms with Gasteiger partial charge in [0.15, 0.2) is 6.61 Å². The molecule has 0 aromatic rings. The summed E-state index contributed by atoms with van der Waals surface area (Å²) in [4.78, 5) is 23.6. The molecule has 9 nitrogen and oxygen atoms in total. The minimum atomic E-state index is -6.02. The number of carbonyl (C=O) groups is 2. The molecular formula is C19H26F2O9S3. The van der Waals surface area contributed by atoms with Crippen molar-refractivity contribution in [3.8, 4) is 0 Å². The van der Waals surface area contributed by atoms with Gasteiger partial charge in [-0.3, -0.25) is 4.55 Å². The number of aliphatic hydroxyl groups is 2. The van der Waals surface area contributed by atoms with Crippen LogP contribution in [0.3, 0.4) is 0 Å². The van der Waals surface area contributed by atoms with E-state index in [0.717, 1.165) is 12.8 Å². The molecule has 0 amide bonds. The predicted molar refractivity (Wildman–Crippen MR) is 114 cm³/mol. The Bertz CT molecular complexity index is 893. The Morgan fingerprint density at radius 1 is 1.03 bits per heavy atom. The van der Waals surface area contributed by atoms with Gasteiger partial charge in [0.2, 0.25) is 0 Å². The van der Waals surface area contributed by atoms with Gasteiger partial charge in [0.25, 0.3) is 0 Å². The molecule has 1 spiro atoms. The first-order valence-electron chi connectivity index (χ1n) is 10.5. The molecular weight excluding hydrogens is 506 g/mol. The van der Waals surface area contributed by atoms with E-state index in [2.05, 4.69) is 4.74 Å². The second-order valence-electron chi connectivity index (χ2n) is 9.68. The van der Waals surface area contributed by atoms with Gasteiger partial charge in [-0.05, 0) is 49.9 Å². The van der Waals surface area contributed by atoms with Gasteiger partial charge in [-0.2, -0.15) is 17.2 Å². The number of alkyl halides is 2. The molecule has 1 saturated heterocycles. The normalized spacial score (nSPS) is 34.3. The van der Waals surface area contributed by atoms with Gasteiger partial charge in [-0.1, -0.05) is 0 Å². The average Bonchev–Trinajstić information content (AvgIpc) is 2.74. The third kappa shape index (κ3) is 4.28. The molecule has 0 radical (unpaired) electrons. The fourth-order valence-electron chi connectivity index (χ4n) is 5.88. The number of hydrogen-bond acceptors (Lipinski definition) is 10. The van der Waals surface area contributed by atoms with E-state index in [9.17, 15) is 37.0 Å². The van der Waals surface area contributed by atoms with Crippen molar-refractivity contribution in [3.63, 3.8) is 0 Å². The molecule has 0 aromatic heterocycles. The van der Waals surface area contributed by atoms with Crippen LogP contribution in [-0.2, 0) is 29.2 Å². The molecule has 14 heteroatoms. The average molecular weight is 533 g/mol. The number of aliphatic hydroxyl groups excluding tert-OH is 2. The number of rotatable bonds is 7. The Hall–Kier alpha value is -0.670. The molecule has 2 atom stereocenters. The van der Waals surface area contributed by atoms with Crippen molar-refractivity contribution in [1.29, 1.82) is 0 Å². The summed E-state index contributed by atoms with van der Waals surface area (Å²) in [5.41, 5.74) is -1.31. The molecule has 5 fully saturated rings. The molecule has 4 aliphatic carbocycles. The maximum Gasteiger partial charge on any atom is 0.465 e. The first-order chi connectivity index (χ1) is 15.3. The van der Waals surface area contributed by atoms with Crippen LogP contribution in [-0.4, -0.2) is 81.4 Å². The van der Waals surface area contributed by atoms with Crippen LogP contribution in [0, 0.1) is 23.2 Å². The first kappa shape index (κ1) is 25.4. The van der Waals surface area contributed by atoms with Gasteiger partial charge in [0.1, 0.15) is 5.60 Å². The van der Waals surface area contributed by atoms with Gasteiger partial charge in [-0.25, -0.2) is 9.59 Å². The number of ether oxygens (including phenoxy) is 2. The summed E-state index contributed by atoms with van der Waals surface area (Å²) in [6, 6.07) is 0. The van der Waals surface area contributed by atoms with Crippen LogP contribution in [0.4, 0.5) is 8.78 Å². The molecule has 5 aliphatic rings. The van der Waals surface area contributed by atoms with E-state index in [0.29, 0.717) is 36.7 Å². The lowest BCUT2D eigenvalue weighted by molar-refractivity contribution is -0.195. The van der Waals surface area contributed by atoms with Crippen molar-refractivity contribution in [3.05, 3.63) is 0 Å². The fourth-order valence-corrected chi connectivity index (χ4v) is 10.3. The Labute approximate surface area is 198 Å². The number of halogens is 2. The molecule has 4 bridgehead atoms. The minimum absolute atomic E-state index is 0.0889. The highest BCUT2D eigenvalue weighted by Crippen LogP contribution is 2.70. The van der Waals surface area contributed by atoms with Gasteiger partial charge in [0.05, 0.1) is 17.3 Å². The quantitative estimate of drug-likeness (QED) is 0.322. The maximum absolute atomic E-state index is 13.3. The van der Waals surface area contributed by atoms with Crippen LogP contribution >= 0.6 is 23.5 Å². The highest BCUT2D eigenvalue weighted by atomic mass is 32.2. The minimum Gasteiger partial charge on any atom is -0.457 e. The number of carbonyl (C=O) groups excluding carboxylic acids is 2. The smallest absolute Gasteiger partial charge is 0.457 e. The summed E-state index contributed by atoms with van der Waals surface area (Å²) in [6.07, 6.45) is 3.72. The third-order valence-electron chi connectivity index (χ3n) is 7.36. The van der Waals surface area contributed by atoms with Crippen LogP contribution in [0.2, 0.25) is 0 Å². The zero-order valence-corrected chi connectivity index (χ0v) is 20.0. The van der Waals surface area contributed by atoms with Crippen LogP contribution in [0.25, 0.3) is 0 Å². The van der Waals surface area contributed by atoms with Gasteiger partial charge >= 0.3 is 27.3 Å². The lowest BCUT2D eigenvalue weighted by Crippen LogP contribution is -2.64. The van der Waals surface area contributed by atoms with E-state index in [1.165, 1.54) is 0 Å². The van der Waals surface area contributed by atoms with E-state index >= 15 is 0 Å². The van der Waals surface area contributed by atoms with Gasteiger partial charge < -0.3 is 19.7 Å². The maximum atomic E-state index is 13.3. The SMILES string of the molecule is O=C(COC(=O)C(F)(F)S(=O)(=O)O)OC12CC3CC(C1)C1(SCC(CO)(CO)CS1)C(C3)C2. The Morgan fingerprint density at radius 3 is 2.06 bits per heavy atom. The summed E-state index contributed by atoms with van der Waals surface area (Å²) >= 11 is 3.53. The lowest BCUT2D eigenvalue weighted by Gasteiger charge is -2.65. The molecule has 3 N–H and O–H groups in total. The summed E-state index contributed by atoms with van der Waals surface area (Å²) in [6.45, 7) is -1.36. The topological polar surface area (TPSA) is 147 Å². The van der Waals surface area contributed by atoms with Gasteiger partial charge in [0, 0.05) is 16.9 Å². The molecule has 4 saturated carbocycles. The molecule has 1 heterocycles. The van der Waals surface area contributed by atoms with Crippen LogP contribution in [0.1, 0.15) is 32.1 Å². The van der Waals surface area contributed by atoms with Crippen LogP contribution in [0.5, 0.6) is 0 Å². The Balaban J connectivity index is 1.40. The summed E-state index contributed by atoms with van der Waals surface area (Å²) in [5, 5.41) is 14.3. The zero-order valence-electron chi connectivity index (χ0n) is 17.6. The second-order valence-corrected chi connectivity index (χ2v) is 13.9.